The summed E-state index contributed by atoms with van der Waals surface area (Å²) < 4.78 is 24.4. The largest absolute Gasteiger partial charge is 0.424 e. The fourth-order valence-corrected chi connectivity index (χ4v) is 3.61. The third kappa shape index (κ3) is 7.24. The van der Waals surface area contributed by atoms with E-state index in [4.69, 9.17) is 24.8 Å². The average Bonchev–Trinajstić information content (AvgIpc) is 3.44. The number of halogens is 1. The first-order chi connectivity index (χ1) is 16.4. The van der Waals surface area contributed by atoms with E-state index in [1.54, 1.807) is 0 Å². The maximum absolute atomic E-state index is 8.29. The number of hydrogen-bond acceptors (Lipinski definition) is 6. The van der Waals surface area contributed by atoms with Crippen LogP contribution in [0, 0.1) is 13.8 Å². The van der Waals surface area contributed by atoms with Gasteiger partial charge >= 0.3 is 17.6 Å². The number of rotatable bonds is 6. The number of aromatic amines is 1. The SMILES string of the molecule is CCc1nnc(Oc2ccc3cc[nH]c3c2)n1CC.CNCc1cc(C)c(Cl)cc1C.O=S=O. The Labute approximate surface area is 208 Å². The fraction of sp³-hybridized carbons (Fsp3) is 0.333. The molecule has 182 valence electrons. The first-order valence-electron chi connectivity index (χ1n) is 10.9. The Kier molecular flexibility index (Phi) is 10.9. The molecule has 0 bridgehead atoms. The van der Waals surface area contributed by atoms with Crippen LogP contribution in [-0.2, 0) is 31.1 Å². The molecule has 8 nitrogen and oxygen atoms in total. The molecule has 0 spiro atoms. The Morgan fingerprint density at radius 3 is 2.47 bits per heavy atom. The molecule has 2 N–H and O–H groups in total. The van der Waals surface area contributed by atoms with E-state index < -0.39 is 11.6 Å². The number of benzene rings is 2. The van der Waals surface area contributed by atoms with Crippen molar-refractivity contribution in [1.82, 2.24) is 25.1 Å². The molecule has 0 saturated carbocycles. The smallest absolute Gasteiger partial charge is 0.335 e. The summed E-state index contributed by atoms with van der Waals surface area (Å²) in [6.07, 6.45) is 2.76. The second kappa shape index (κ2) is 13.6. The van der Waals surface area contributed by atoms with Crippen LogP contribution in [0.25, 0.3) is 10.9 Å². The molecule has 0 aliphatic heterocycles. The number of nitrogens with one attached hydrogen (secondary N) is 2. The van der Waals surface area contributed by atoms with E-state index in [9.17, 15) is 0 Å². The second-order valence-electron chi connectivity index (χ2n) is 7.45. The zero-order valence-corrected chi connectivity index (χ0v) is 21.6. The number of H-pyrrole nitrogens is 1. The highest BCUT2D eigenvalue weighted by Crippen LogP contribution is 2.24. The Morgan fingerprint density at radius 1 is 1.09 bits per heavy atom. The van der Waals surface area contributed by atoms with Gasteiger partial charge in [-0.05, 0) is 74.2 Å². The fourth-order valence-electron chi connectivity index (χ4n) is 3.39. The third-order valence-electron chi connectivity index (χ3n) is 5.15. The van der Waals surface area contributed by atoms with Crippen LogP contribution in [0.2, 0.25) is 5.02 Å². The van der Waals surface area contributed by atoms with Gasteiger partial charge in [0.15, 0.2) is 0 Å². The van der Waals surface area contributed by atoms with Crippen molar-refractivity contribution in [3.8, 4) is 11.8 Å². The lowest BCUT2D eigenvalue weighted by Crippen LogP contribution is -2.06. The lowest BCUT2D eigenvalue weighted by Gasteiger charge is -2.07. The summed E-state index contributed by atoms with van der Waals surface area (Å²) in [6, 6.07) is 12.7. The molecule has 2 aromatic heterocycles. The highest BCUT2D eigenvalue weighted by atomic mass is 35.5. The second-order valence-corrected chi connectivity index (χ2v) is 7.99. The number of hydrogen-bond donors (Lipinski definition) is 2. The van der Waals surface area contributed by atoms with Gasteiger partial charge in [-0.2, -0.15) is 8.42 Å². The monoisotopic (exact) mass is 503 g/mol. The molecule has 4 aromatic rings. The highest BCUT2D eigenvalue weighted by Gasteiger charge is 2.11. The summed E-state index contributed by atoms with van der Waals surface area (Å²) in [5.41, 5.74) is 4.77. The van der Waals surface area contributed by atoms with Crippen molar-refractivity contribution in [3.05, 3.63) is 70.1 Å². The maximum Gasteiger partial charge on any atom is 0.335 e. The lowest BCUT2D eigenvalue weighted by molar-refractivity contribution is 0.411. The van der Waals surface area contributed by atoms with Gasteiger partial charge in [0, 0.05) is 42.3 Å². The average molecular weight is 504 g/mol. The topological polar surface area (TPSA) is 102 Å². The first-order valence-corrected chi connectivity index (χ1v) is 11.9. The van der Waals surface area contributed by atoms with Crippen LogP contribution in [0.15, 0.2) is 42.6 Å². The quantitative estimate of drug-likeness (QED) is 0.377. The molecule has 2 aromatic carbocycles. The van der Waals surface area contributed by atoms with Crippen LogP contribution in [0.4, 0.5) is 0 Å². The van der Waals surface area contributed by atoms with Crippen LogP contribution in [0.5, 0.6) is 11.8 Å². The van der Waals surface area contributed by atoms with Crippen LogP contribution < -0.4 is 10.1 Å². The van der Waals surface area contributed by atoms with E-state index in [1.165, 1.54) is 16.5 Å². The van der Waals surface area contributed by atoms with E-state index >= 15 is 0 Å². The molecule has 0 aliphatic carbocycles. The van der Waals surface area contributed by atoms with E-state index in [-0.39, 0.29) is 0 Å². The molecule has 4 rings (SSSR count). The minimum absolute atomic E-state index is 0.547. The van der Waals surface area contributed by atoms with Crippen LogP contribution in [0.1, 0.15) is 36.4 Å². The van der Waals surface area contributed by atoms with Gasteiger partial charge < -0.3 is 15.0 Å². The van der Waals surface area contributed by atoms with Crippen LogP contribution in [-0.4, -0.2) is 35.2 Å². The predicted molar refractivity (Wildman–Crippen MR) is 136 cm³/mol. The minimum Gasteiger partial charge on any atom is -0.424 e. The Balaban J connectivity index is 0.000000234. The molecule has 0 fully saturated rings. The van der Waals surface area contributed by atoms with E-state index in [2.05, 4.69) is 47.3 Å². The van der Waals surface area contributed by atoms with Gasteiger partial charge in [0.25, 0.3) is 0 Å². The van der Waals surface area contributed by atoms with Crippen molar-refractivity contribution in [3.63, 3.8) is 0 Å². The number of aryl methyl sites for hydroxylation is 3. The van der Waals surface area contributed by atoms with Crippen molar-refractivity contribution in [2.24, 2.45) is 0 Å². The summed E-state index contributed by atoms with van der Waals surface area (Å²) in [4.78, 5) is 3.17. The first kappa shape index (κ1) is 27.2. The lowest BCUT2D eigenvalue weighted by atomic mass is 10.1. The van der Waals surface area contributed by atoms with Gasteiger partial charge in [-0.15, -0.1) is 5.10 Å². The summed E-state index contributed by atoms with van der Waals surface area (Å²) in [6.45, 7) is 9.94. The summed E-state index contributed by atoms with van der Waals surface area (Å²) in [5.74, 6) is 1.71. The van der Waals surface area contributed by atoms with Crippen LogP contribution >= 0.6 is 11.6 Å². The zero-order valence-electron chi connectivity index (χ0n) is 20.0. The molecule has 34 heavy (non-hydrogen) atoms. The standard InChI is InChI=1S/C14H16N4O.C10H14ClN.O2S/c1-3-13-16-17-14(18(13)4-2)19-11-6-5-10-7-8-15-12(10)9-11;1-7-5-10(11)8(2)4-9(7)6-12-3;1-3-2/h5-9,15H,3-4H2,1-2H3;4-5,12H,6H2,1-3H3;. The van der Waals surface area contributed by atoms with E-state index in [0.29, 0.717) is 6.01 Å². The highest BCUT2D eigenvalue weighted by molar-refractivity contribution is 7.51. The molecular formula is C24H30ClN5O3S. The van der Waals surface area contributed by atoms with Crippen molar-refractivity contribution < 1.29 is 13.2 Å². The van der Waals surface area contributed by atoms with Crippen molar-refractivity contribution >= 4 is 34.1 Å². The molecule has 0 saturated heterocycles. The Bertz CT molecular complexity index is 1250. The Hall–Kier alpha value is -3.01. The van der Waals surface area contributed by atoms with E-state index in [1.807, 2.05) is 55.1 Å². The zero-order chi connectivity index (χ0) is 25.1. The van der Waals surface area contributed by atoms with Gasteiger partial charge in [-0.3, -0.25) is 4.57 Å². The van der Waals surface area contributed by atoms with Gasteiger partial charge in [-0.25, -0.2) is 0 Å². The Morgan fingerprint density at radius 2 is 1.82 bits per heavy atom. The van der Waals surface area contributed by atoms with Gasteiger partial charge in [0.05, 0.1) is 0 Å². The van der Waals surface area contributed by atoms with Crippen molar-refractivity contribution in [1.29, 1.82) is 0 Å². The van der Waals surface area contributed by atoms with Crippen molar-refractivity contribution in [2.45, 2.75) is 47.2 Å². The maximum atomic E-state index is 8.29. The number of aromatic nitrogens is 4. The van der Waals surface area contributed by atoms with Gasteiger partial charge in [-0.1, -0.05) is 29.7 Å². The molecular weight excluding hydrogens is 474 g/mol. The minimum atomic E-state index is -0.750. The molecule has 0 radical (unpaired) electrons. The van der Waals surface area contributed by atoms with Crippen LogP contribution in [0.3, 0.4) is 0 Å². The van der Waals surface area contributed by atoms with Gasteiger partial charge in [0.1, 0.15) is 11.6 Å². The number of nitrogens with zero attached hydrogens (tertiary/aromatic N) is 3. The predicted octanol–water partition coefficient (Wildman–Crippen LogP) is 5.14. The summed E-state index contributed by atoms with van der Waals surface area (Å²) >= 11 is 5.22. The molecule has 2 heterocycles. The molecule has 0 aliphatic rings. The van der Waals surface area contributed by atoms with Crippen molar-refractivity contribution in [2.75, 3.05) is 7.05 Å². The molecule has 0 unspecified atom stereocenters. The molecule has 0 atom stereocenters. The molecule has 10 heteroatoms. The van der Waals surface area contributed by atoms with Gasteiger partial charge in [0.2, 0.25) is 0 Å². The summed E-state index contributed by atoms with van der Waals surface area (Å²) in [5, 5.41) is 13.4. The summed E-state index contributed by atoms with van der Waals surface area (Å²) in [7, 11) is 1.95. The number of fused-ring (bicyclic) bond motifs is 1. The van der Waals surface area contributed by atoms with E-state index in [0.717, 1.165) is 47.2 Å². The third-order valence-corrected chi connectivity index (χ3v) is 5.55. The normalized spacial score (nSPS) is 10.2. The molecule has 0 amide bonds. The number of ether oxygens (including phenoxy) is 1.